The zero-order valence-corrected chi connectivity index (χ0v) is 15.5. The number of unbranched alkanes of at least 4 members (excludes halogenated alkanes) is 1. The summed E-state index contributed by atoms with van der Waals surface area (Å²) in [7, 11) is 0. The number of benzene rings is 2. The van der Waals surface area contributed by atoms with Crippen molar-refractivity contribution in [1.82, 2.24) is 10.6 Å². The maximum atomic E-state index is 11.7. The lowest BCUT2D eigenvalue weighted by atomic mass is 10.2. The third-order valence-corrected chi connectivity index (χ3v) is 3.80. The fourth-order valence-electron chi connectivity index (χ4n) is 2.39. The number of hydrogen-bond acceptors (Lipinski definition) is 4. The van der Waals surface area contributed by atoms with Gasteiger partial charge in [-0.2, -0.15) is 0 Å². The monoisotopic (exact) mass is 380 g/mol. The first kappa shape index (κ1) is 20.8. The predicted molar refractivity (Wildman–Crippen MR) is 110 cm³/mol. The van der Waals surface area contributed by atoms with E-state index in [1.54, 1.807) is 60.7 Å². The number of aromatic hydroxyl groups is 2. The van der Waals surface area contributed by atoms with Crippen LogP contribution in [0.15, 0.2) is 60.7 Å². The summed E-state index contributed by atoms with van der Waals surface area (Å²) in [5.74, 6) is -0.106. The van der Waals surface area contributed by atoms with Gasteiger partial charge in [-0.05, 0) is 60.4 Å². The van der Waals surface area contributed by atoms with Crippen LogP contribution in [-0.4, -0.2) is 35.1 Å². The van der Waals surface area contributed by atoms with Crippen LogP contribution in [0.25, 0.3) is 12.2 Å². The molecule has 2 aromatic rings. The van der Waals surface area contributed by atoms with E-state index in [9.17, 15) is 19.8 Å². The standard InChI is InChI=1S/C22H24N2O4/c25-19-7-3-5-17(15-19)9-11-21(27)23-13-1-2-14-24-22(28)12-10-18-6-4-8-20(26)16-18/h3-12,15-16,25-26H,1-2,13-14H2,(H,23,27)(H,24,28)/b11-9+,12-10+. The summed E-state index contributed by atoms with van der Waals surface area (Å²) in [6.45, 7) is 1.02. The van der Waals surface area contributed by atoms with Crippen LogP contribution in [0.2, 0.25) is 0 Å². The van der Waals surface area contributed by atoms with Gasteiger partial charge in [0.05, 0.1) is 0 Å². The van der Waals surface area contributed by atoms with Crippen LogP contribution < -0.4 is 10.6 Å². The van der Waals surface area contributed by atoms with Gasteiger partial charge in [-0.1, -0.05) is 24.3 Å². The fraction of sp³-hybridized carbons (Fsp3) is 0.182. The molecule has 4 N–H and O–H groups in total. The van der Waals surface area contributed by atoms with Crippen LogP contribution in [0.3, 0.4) is 0 Å². The molecule has 0 heterocycles. The van der Waals surface area contributed by atoms with Crippen LogP contribution in [-0.2, 0) is 9.59 Å². The Morgan fingerprint density at radius 2 is 1.18 bits per heavy atom. The van der Waals surface area contributed by atoms with Gasteiger partial charge in [-0.3, -0.25) is 9.59 Å². The summed E-state index contributed by atoms with van der Waals surface area (Å²) in [6.07, 6.45) is 7.58. The Balaban J connectivity index is 1.57. The SMILES string of the molecule is O=C(/C=C/c1cccc(O)c1)NCCCCNC(=O)/C=C/c1cccc(O)c1. The van der Waals surface area contributed by atoms with Gasteiger partial charge >= 0.3 is 0 Å². The number of nitrogens with one attached hydrogen (secondary N) is 2. The van der Waals surface area contributed by atoms with E-state index in [-0.39, 0.29) is 23.3 Å². The Bertz CT molecular complexity index is 788. The molecule has 0 aliphatic rings. The first-order valence-corrected chi connectivity index (χ1v) is 9.03. The minimum Gasteiger partial charge on any atom is -0.508 e. The first-order chi connectivity index (χ1) is 13.5. The van der Waals surface area contributed by atoms with Crippen LogP contribution in [0.4, 0.5) is 0 Å². The van der Waals surface area contributed by atoms with E-state index >= 15 is 0 Å². The van der Waals surface area contributed by atoms with Crippen molar-refractivity contribution < 1.29 is 19.8 Å². The van der Waals surface area contributed by atoms with Gasteiger partial charge in [0, 0.05) is 25.2 Å². The van der Waals surface area contributed by atoms with Crippen molar-refractivity contribution in [3.63, 3.8) is 0 Å². The lowest BCUT2D eigenvalue weighted by Gasteiger charge is -2.04. The third kappa shape index (κ3) is 8.23. The zero-order chi connectivity index (χ0) is 20.2. The highest BCUT2D eigenvalue weighted by Gasteiger charge is 1.98. The zero-order valence-electron chi connectivity index (χ0n) is 15.5. The Hall–Kier alpha value is -3.54. The second kappa shape index (κ2) is 11.2. The Kier molecular flexibility index (Phi) is 8.33. The molecule has 146 valence electrons. The number of carbonyl (C=O) groups excluding carboxylic acids is 2. The maximum Gasteiger partial charge on any atom is 0.243 e. The summed E-state index contributed by atoms with van der Waals surface area (Å²) >= 11 is 0. The van der Waals surface area contributed by atoms with Crippen molar-refractivity contribution >= 4 is 24.0 Å². The van der Waals surface area contributed by atoms with Crippen molar-refractivity contribution in [2.24, 2.45) is 0 Å². The van der Waals surface area contributed by atoms with Gasteiger partial charge < -0.3 is 20.8 Å². The molecule has 28 heavy (non-hydrogen) atoms. The highest BCUT2D eigenvalue weighted by molar-refractivity contribution is 5.92. The van der Waals surface area contributed by atoms with E-state index in [1.165, 1.54) is 12.2 Å². The number of carbonyl (C=O) groups is 2. The highest BCUT2D eigenvalue weighted by atomic mass is 16.3. The summed E-state index contributed by atoms with van der Waals surface area (Å²) in [5.41, 5.74) is 1.49. The van der Waals surface area contributed by atoms with Crippen LogP contribution in [0, 0.1) is 0 Å². The normalized spacial score (nSPS) is 11.0. The number of amides is 2. The molecule has 0 spiro atoms. The van der Waals surface area contributed by atoms with Crippen molar-refractivity contribution in [3.05, 3.63) is 71.8 Å². The van der Waals surface area contributed by atoms with Gasteiger partial charge in [0.2, 0.25) is 11.8 Å². The minimum absolute atomic E-state index is 0.154. The van der Waals surface area contributed by atoms with Crippen molar-refractivity contribution in [1.29, 1.82) is 0 Å². The molecule has 0 radical (unpaired) electrons. The van der Waals surface area contributed by atoms with E-state index in [0.717, 1.165) is 24.0 Å². The van der Waals surface area contributed by atoms with Crippen molar-refractivity contribution in [3.8, 4) is 11.5 Å². The van der Waals surface area contributed by atoms with E-state index in [0.29, 0.717) is 13.1 Å². The molecule has 0 bridgehead atoms. The molecule has 0 saturated heterocycles. The predicted octanol–water partition coefficient (Wildman–Crippen LogP) is 2.84. The average Bonchev–Trinajstić information content (AvgIpc) is 2.67. The molecule has 6 nitrogen and oxygen atoms in total. The highest BCUT2D eigenvalue weighted by Crippen LogP contribution is 2.12. The summed E-state index contributed by atoms with van der Waals surface area (Å²) in [4.78, 5) is 23.5. The van der Waals surface area contributed by atoms with Crippen molar-refractivity contribution in [2.45, 2.75) is 12.8 Å². The molecule has 0 saturated carbocycles. The Labute approximate surface area is 164 Å². The molecule has 6 heteroatoms. The third-order valence-electron chi connectivity index (χ3n) is 3.80. The largest absolute Gasteiger partial charge is 0.508 e. The van der Waals surface area contributed by atoms with Gasteiger partial charge in [-0.15, -0.1) is 0 Å². The quantitative estimate of drug-likeness (QED) is 0.397. The van der Waals surface area contributed by atoms with E-state index in [4.69, 9.17) is 0 Å². The number of rotatable bonds is 9. The number of hydrogen-bond donors (Lipinski definition) is 4. The number of phenolic OH excluding ortho intramolecular Hbond substituents is 2. The van der Waals surface area contributed by atoms with Crippen LogP contribution in [0.1, 0.15) is 24.0 Å². The van der Waals surface area contributed by atoms with Gasteiger partial charge in [0.1, 0.15) is 11.5 Å². The molecule has 0 aliphatic heterocycles. The van der Waals surface area contributed by atoms with Crippen LogP contribution in [0.5, 0.6) is 11.5 Å². The Morgan fingerprint density at radius 3 is 1.57 bits per heavy atom. The second-order valence-electron chi connectivity index (χ2n) is 6.15. The van der Waals surface area contributed by atoms with E-state index in [2.05, 4.69) is 10.6 Å². The molecule has 2 rings (SSSR count). The molecule has 0 aromatic heterocycles. The average molecular weight is 380 g/mol. The smallest absolute Gasteiger partial charge is 0.243 e. The topological polar surface area (TPSA) is 98.7 Å². The lowest BCUT2D eigenvalue weighted by molar-refractivity contribution is -0.117. The molecule has 0 atom stereocenters. The molecular weight excluding hydrogens is 356 g/mol. The molecule has 0 aliphatic carbocycles. The number of phenols is 2. The molecule has 2 amide bonds. The molecule has 0 unspecified atom stereocenters. The molecule has 2 aromatic carbocycles. The summed E-state index contributed by atoms with van der Waals surface area (Å²) in [6, 6.07) is 13.3. The maximum absolute atomic E-state index is 11.7. The summed E-state index contributed by atoms with van der Waals surface area (Å²) in [5, 5.41) is 24.3. The van der Waals surface area contributed by atoms with Crippen LogP contribution >= 0.6 is 0 Å². The van der Waals surface area contributed by atoms with Gasteiger partial charge in [0.15, 0.2) is 0 Å². The van der Waals surface area contributed by atoms with E-state index in [1.807, 2.05) is 0 Å². The fourth-order valence-corrected chi connectivity index (χ4v) is 2.39. The molecular formula is C22H24N2O4. The Morgan fingerprint density at radius 1 is 0.750 bits per heavy atom. The summed E-state index contributed by atoms with van der Waals surface area (Å²) < 4.78 is 0. The molecule has 0 fully saturated rings. The lowest BCUT2D eigenvalue weighted by Crippen LogP contribution is -2.25. The van der Waals surface area contributed by atoms with Gasteiger partial charge in [-0.25, -0.2) is 0 Å². The van der Waals surface area contributed by atoms with E-state index < -0.39 is 0 Å². The minimum atomic E-state index is -0.207. The second-order valence-corrected chi connectivity index (χ2v) is 6.15. The first-order valence-electron chi connectivity index (χ1n) is 9.03. The van der Waals surface area contributed by atoms with Crippen molar-refractivity contribution in [2.75, 3.05) is 13.1 Å². The van der Waals surface area contributed by atoms with Gasteiger partial charge in [0.25, 0.3) is 0 Å².